The molecule has 1 aliphatic rings. The number of carbonyl (C=O) groups is 1. The molecule has 7 atom stereocenters. The van der Waals surface area contributed by atoms with Crippen LogP contribution in [0.4, 0.5) is 0 Å². The van der Waals surface area contributed by atoms with Crippen molar-refractivity contribution in [2.45, 2.75) is 243 Å². The number of hydrogen-bond donors (Lipinski definition) is 6. The predicted molar refractivity (Wildman–Crippen MR) is 212 cm³/mol. The zero-order valence-electron chi connectivity index (χ0n) is 33.6. The van der Waals surface area contributed by atoms with Crippen molar-refractivity contribution in [2.75, 3.05) is 13.2 Å². The summed E-state index contributed by atoms with van der Waals surface area (Å²) in [5.74, 6) is -0.154. The van der Waals surface area contributed by atoms with E-state index in [-0.39, 0.29) is 12.5 Å². The molecule has 1 fully saturated rings. The van der Waals surface area contributed by atoms with Gasteiger partial charge in [0.05, 0.1) is 25.4 Å². The molecule has 7 unspecified atom stereocenters. The first-order chi connectivity index (χ1) is 25.3. The Hall–Kier alpha value is -1.07. The van der Waals surface area contributed by atoms with Crippen LogP contribution in [-0.2, 0) is 14.3 Å². The largest absolute Gasteiger partial charge is 0.394 e. The van der Waals surface area contributed by atoms with Gasteiger partial charge >= 0.3 is 0 Å². The summed E-state index contributed by atoms with van der Waals surface area (Å²) in [6.07, 6.45) is 30.7. The van der Waals surface area contributed by atoms with Crippen molar-refractivity contribution in [2.24, 2.45) is 0 Å². The Balaban J connectivity index is 2.35. The molecule has 1 heterocycles. The maximum Gasteiger partial charge on any atom is 0.220 e. The highest BCUT2D eigenvalue weighted by molar-refractivity contribution is 5.76. The van der Waals surface area contributed by atoms with Gasteiger partial charge in [0, 0.05) is 6.42 Å². The highest BCUT2D eigenvalue weighted by atomic mass is 16.7. The molecule has 0 radical (unpaired) electrons. The number of unbranched alkanes of at least 4 members (excludes halogenated alkanes) is 24. The Morgan fingerprint density at radius 3 is 1.60 bits per heavy atom. The molecule has 0 aromatic rings. The molecular formula is C43H83NO8. The van der Waals surface area contributed by atoms with Gasteiger partial charge in [0.2, 0.25) is 5.91 Å². The maximum atomic E-state index is 12.9. The molecular weight excluding hydrogens is 658 g/mol. The second kappa shape index (κ2) is 34.4. The number of allylic oxidation sites excluding steroid dienone is 2. The topological polar surface area (TPSA) is 149 Å². The molecule has 308 valence electrons. The van der Waals surface area contributed by atoms with Crippen LogP contribution in [0, 0.1) is 0 Å². The average molecular weight is 742 g/mol. The molecule has 0 aromatic heterocycles. The first-order valence-electron chi connectivity index (χ1n) is 21.9. The number of rotatable bonds is 36. The van der Waals surface area contributed by atoms with E-state index in [0.717, 1.165) is 51.4 Å². The van der Waals surface area contributed by atoms with E-state index in [1.807, 2.05) is 0 Å². The smallest absolute Gasteiger partial charge is 0.220 e. The van der Waals surface area contributed by atoms with Crippen LogP contribution in [0.15, 0.2) is 12.2 Å². The van der Waals surface area contributed by atoms with E-state index in [9.17, 15) is 30.3 Å². The summed E-state index contributed by atoms with van der Waals surface area (Å²) in [5.41, 5.74) is 0. The van der Waals surface area contributed by atoms with Gasteiger partial charge < -0.3 is 40.3 Å². The molecule has 0 aromatic carbocycles. The molecule has 0 spiro atoms. The average Bonchev–Trinajstić information content (AvgIpc) is 3.14. The van der Waals surface area contributed by atoms with E-state index < -0.39 is 49.5 Å². The van der Waals surface area contributed by atoms with Crippen molar-refractivity contribution < 1.29 is 39.8 Å². The number of aliphatic hydroxyl groups excluding tert-OH is 5. The van der Waals surface area contributed by atoms with Gasteiger partial charge in [-0.25, -0.2) is 0 Å². The van der Waals surface area contributed by atoms with Gasteiger partial charge in [-0.15, -0.1) is 0 Å². The second-order valence-corrected chi connectivity index (χ2v) is 15.5. The van der Waals surface area contributed by atoms with E-state index in [1.165, 1.54) is 122 Å². The quantitative estimate of drug-likeness (QED) is 0.0277. The standard InChI is InChI=1S/C43H83NO8/c1-3-5-7-9-11-13-15-17-18-19-20-21-22-24-26-28-30-32-37(46)36(35-51-43-42(50)41(49)40(48)38(34-45)52-43)44-39(47)33-31-29-27-25-23-16-14-12-10-8-6-4-2/h12,14,36-38,40-43,45-46,48-50H,3-11,13,15-35H2,1-2H3,(H,44,47)/b14-12-. The summed E-state index contributed by atoms with van der Waals surface area (Å²) >= 11 is 0. The normalized spacial score (nSPS) is 21.9. The Kier molecular flexibility index (Phi) is 32.4. The van der Waals surface area contributed by atoms with Crippen LogP contribution in [-0.4, -0.2) is 87.5 Å². The van der Waals surface area contributed by atoms with Crippen LogP contribution in [0.1, 0.15) is 200 Å². The van der Waals surface area contributed by atoms with E-state index in [2.05, 4.69) is 31.3 Å². The number of carbonyl (C=O) groups excluding carboxylic acids is 1. The van der Waals surface area contributed by atoms with Gasteiger partial charge in [0.25, 0.3) is 0 Å². The Morgan fingerprint density at radius 1 is 0.635 bits per heavy atom. The Labute approximate surface area is 318 Å². The van der Waals surface area contributed by atoms with Crippen molar-refractivity contribution in [3.63, 3.8) is 0 Å². The monoisotopic (exact) mass is 742 g/mol. The van der Waals surface area contributed by atoms with E-state index in [1.54, 1.807) is 0 Å². The van der Waals surface area contributed by atoms with Crippen LogP contribution in [0.5, 0.6) is 0 Å². The highest BCUT2D eigenvalue weighted by Gasteiger charge is 2.44. The number of amides is 1. The van der Waals surface area contributed by atoms with E-state index >= 15 is 0 Å². The maximum absolute atomic E-state index is 12.9. The minimum absolute atomic E-state index is 0.138. The van der Waals surface area contributed by atoms with Gasteiger partial charge in [0.1, 0.15) is 24.4 Å². The lowest BCUT2D eigenvalue weighted by atomic mass is 9.99. The SMILES string of the molecule is CCCCC/C=C\CCCCCCCC(=O)NC(COC1OC(CO)C(O)C(O)C1O)C(O)CCCCCCCCCCCCCCCCCCC. The molecule has 1 amide bonds. The van der Waals surface area contributed by atoms with Crippen LogP contribution < -0.4 is 5.32 Å². The van der Waals surface area contributed by atoms with E-state index in [0.29, 0.717) is 12.8 Å². The van der Waals surface area contributed by atoms with Crippen LogP contribution in [0.2, 0.25) is 0 Å². The third-order valence-corrected chi connectivity index (χ3v) is 10.6. The van der Waals surface area contributed by atoms with Gasteiger partial charge in [0.15, 0.2) is 6.29 Å². The van der Waals surface area contributed by atoms with Crippen molar-refractivity contribution in [3.05, 3.63) is 12.2 Å². The molecule has 9 heteroatoms. The summed E-state index contributed by atoms with van der Waals surface area (Å²) < 4.78 is 11.2. The first-order valence-corrected chi connectivity index (χ1v) is 21.9. The molecule has 1 saturated heterocycles. The van der Waals surface area contributed by atoms with Crippen molar-refractivity contribution in [3.8, 4) is 0 Å². The fourth-order valence-electron chi connectivity index (χ4n) is 7.04. The summed E-state index contributed by atoms with van der Waals surface area (Å²) in [6.45, 7) is 3.80. The molecule has 0 saturated carbocycles. The van der Waals surface area contributed by atoms with Crippen molar-refractivity contribution >= 4 is 5.91 Å². The molecule has 0 aliphatic carbocycles. The Bertz CT molecular complexity index is 827. The third-order valence-electron chi connectivity index (χ3n) is 10.6. The highest BCUT2D eigenvalue weighted by Crippen LogP contribution is 2.23. The van der Waals surface area contributed by atoms with Gasteiger partial charge in [-0.2, -0.15) is 0 Å². The minimum atomic E-state index is -1.55. The third kappa shape index (κ3) is 25.1. The molecule has 1 aliphatic heterocycles. The van der Waals surface area contributed by atoms with Gasteiger partial charge in [-0.05, 0) is 38.5 Å². The molecule has 1 rings (SSSR count). The fourth-order valence-corrected chi connectivity index (χ4v) is 7.04. The Morgan fingerprint density at radius 2 is 1.08 bits per heavy atom. The predicted octanol–water partition coefficient (Wildman–Crippen LogP) is 8.56. The van der Waals surface area contributed by atoms with Crippen molar-refractivity contribution in [1.82, 2.24) is 5.32 Å². The molecule has 52 heavy (non-hydrogen) atoms. The summed E-state index contributed by atoms with van der Waals surface area (Å²) in [6, 6.07) is -0.718. The fraction of sp³-hybridized carbons (Fsp3) is 0.930. The summed E-state index contributed by atoms with van der Waals surface area (Å²) in [4.78, 5) is 12.9. The molecule has 9 nitrogen and oxygen atoms in total. The minimum Gasteiger partial charge on any atom is -0.394 e. The number of hydrogen-bond acceptors (Lipinski definition) is 8. The van der Waals surface area contributed by atoms with Crippen molar-refractivity contribution in [1.29, 1.82) is 0 Å². The zero-order valence-corrected chi connectivity index (χ0v) is 33.6. The molecule has 0 bridgehead atoms. The second-order valence-electron chi connectivity index (χ2n) is 15.5. The number of nitrogens with one attached hydrogen (secondary N) is 1. The first kappa shape index (κ1) is 48.9. The lowest BCUT2D eigenvalue weighted by Gasteiger charge is -2.40. The van der Waals surface area contributed by atoms with Gasteiger partial charge in [-0.1, -0.05) is 167 Å². The number of ether oxygens (including phenoxy) is 2. The number of aliphatic hydroxyl groups is 5. The summed E-state index contributed by atoms with van der Waals surface area (Å²) in [7, 11) is 0. The van der Waals surface area contributed by atoms with Gasteiger partial charge in [-0.3, -0.25) is 4.79 Å². The van der Waals surface area contributed by atoms with E-state index in [4.69, 9.17) is 9.47 Å². The van der Waals surface area contributed by atoms with Crippen LogP contribution >= 0.6 is 0 Å². The zero-order chi connectivity index (χ0) is 38.1. The summed E-state index contributed by atoms with van der Waals surface area (Å²) in [5, 5.41) is 54.2. The van der Waals surface area contributed by atoms with Crippen LogP contribution in [0.25, 0.3) is 0 Å². The molecule has 6 N–H and O–H groups in total. The lowest BCUT2D eigenvalue weighted by molar-refractivity contribution is -0.302. The van der Waals surface area contributed by atoms with Crippen LogP contribution in [0.3, 0.4) is 0 Å². The lowest BCUT2D eigenvalue weighted by Crippen LogP contribution is -2.60.